The third kappa shape index (κ3) is 4.08. The molecule has 3 nitrogen and oxygen atoms in total. The lowest BCUT2D eigenvalue weighted by atomic mass is 10.1. The minimum absolute atomic E-state index is 0.0934. The quantitative estimate of drug-likeness (QED) is 0.936. The predicted molar refractivity (Wildman–Crippen MR) is 81.5 cm³/mol. The molecule has 1 aromatic carbocycles. The van der Waals surface area contributed by atoms with Crippen molar-refractivity contribution < 1.29 is 4.39 Å². The van der Waals surface area contributed by atoms with E-state index in [2.05, 4.69) is 36.3 Å². The van der Waals surface area contributed by atoms with Crippen LogP contribution in [0.15, 0.2) is 18.2 Å². The summed E-state index contributed by atoms with van der Waals surface area (Å²) < 4.78 is 13.8. The highest BCUT2D eigenvalue weighted by molar-refractivity contribution is 7.14. The number of rotatable bonds is 4. The molecular formula is C15H20FN3S. The van der Waals surface area contributed by atoms with Crippen LogP contribution < -0.4 is 5.32 Å². The molecule has 0 atom stereocenters. The first-order valence-corrected chi connectivity index (χ1v) is 7.51. The third-order valence-electron chi connectivity index (χ3n) is 2.81. The van der Waals surface area contributed by atoms with Gasteiger partial charge in [0.2, 0.25) is 0 Å². The van der Waals surface area contributed by atoms with E-state index in [0.29, 0.717) is 10.6 Å². The van der Waals surface area contributed by atoms with Crippen LogP contribution >= 0.6 is 11.3 Å². The number of nitrogens with one attached hydrogen (secondary N) is 1. The van der Waals surface area contributed by atoms with Crippen molar-refractivity contribution in [2.45, 2.75) is 39.7 Å². The molecule has 20 heavy (non-hydrogen) atoms. The molecule has 2 rings (SSSR count). The number of nitrogens with zero attached hydrogens (tertiary/aromatic N) is 2. The summed E-state index contributed by atoms with van der Waals surface area (Å²) in [6.07, 6.45) is 0.808. The van der Waals surface area contributed by atoms with Crippen molar-refractivity contribution in [3.05, 3.63) is 34.6 Å². The van der Waals surface area contributed by atoms with Crippen LogP contribution in [0.3, 0.4) is 0 Å². The van der Waals surface area contributed by atoms with E-state index in [1.165, 1.54) is 17.4 Å². The standard InChI is InChI=1S/C15H20FN3S/c1-10-5-6-12(16)11(9-10)14-19-18-13(20-14)7-8-17-15(2,3)4/h5-6,9,17H,7-8H2,1-4H3. The molecule has 1 aromatic heterocycles. The molecule has 0 aliphatic carbocycles. The average molecular weight is 293 g/mol. The number of aromatic nitrogens is 2. The molecule has 0 aliphatic rings. The van der Waals surface area contributed by atoms with E-state index in [4.69, 9.17) is 0 Å². The van der Waals surface area contributed by atoms with Gasteiger partial charge >= 0.3 is 0 Å². The van der Waals surface area contributed by atoms with Crippen molar-refractivity contribution in [2.75, 3.05) is 6.54 Å². The zero-order chi connectivity index (χ0) is 14.8. The van der Waals surface area contributed by atoms with Crippen molar-refractivity contribution >= 4 is 11.3 Å². The van der Waals surface area contributed by atoms with Gasteiger partial charge in [0, 0.05) is 24.1 Å². The Morgan fingerprint density at radius 1 is 1.25 bits per heavy atom. The second-order valence-electron chi connectivity index (χ2n) is 5.91. The van der Waals surface area contributed by atoms with Gasteiger partial charge in [-0.2, -0.15) is 0 Å². The summed E-state index contributed by atoms with van der Waals surface area (Å²) in [5, 5.41) is 13.2. The second kappa shape index (κ2) is 5.97. The van der Waals surface area contributed by atoms with Crippen LogP contribution in [0.1, 0.15) is 31.3 Å². The Hall–Kier alpha value is -1.33. The van der Waals surface area contributed by atoms with Gasteiger partial charge in [-0.3, -0.25) is 0 Å². The summed E-state index contributed by atoms with van der Waals surface area (Å²) in [4.78, 5) is 0. The zero-order valence-electron chi connectivity index (χ0n) is 12.3. The van der Waals surface area contributed by atoms with Crippen LogP contribution in [0.25, 0.3) is 10.6 Å². The number of hydrogen-bond acceptors (Lipinski definition) is 4. The lowest BCUT2D eigenvalue weighted by molar-refractivity contribution is 0.429. The van der Waals surface area contributed by atoms with Crippen molar-refractivity contribution in [1.29, 1.82) is 0 Å². The molecule has 108 valence electrons. The molecule has 2 aromatic rings. The summed E-state index contributed by atoms with van der Waals surface area (Å²) >= 11 is 1.46. The lowest BCUT2D eigenvalue weighted by Gasteiger charge is -2.19. The first kappa shape index (κ1) is 15.1. The van der Waals surface area contributed by atoms with Gasteiger partial charge < -0.3 is 5.32 Å². The molecule has 0 fully saturated rings. The smallest absolute Gasteiger partial charge is 0.150 e. The van der Waals surface area contributed by atoms with Gasteiger partial charge in [-0.05, 0) is 39.8 Å². The van der Waals surface area contributed by atoms with E-state index in [0.717, 1.165) is 23.5 Å². The fourth-order valence-electron chi connectivity index (χ4n) is 1.81. The monoisotopic (exact) mass is 293 g/mol. The summed E-state index contributed by atoms with van der Waals surface area (Å²) in [6, 6.07) is 5.05. The molecule has 0 bridgehead atoms. The summed E-state index contributed by atoms with van der Waals surface area (Å²) in [5.74, 6) is -0.244. The number of hydrogen-bond donors (Lipinski definition) is 1. The van der Waals surface area contributed by atoms with Crippen molar-refractivity contribution in [1.82, 2.24) is 15.5 Å². The fourth-order valence-corrected chi connectivity index (χ4v) is 2.67. The van der Waals surface area contributed by atoms with E-state index in [1.54, 1.807) is 6.07 Å². The molecule has 0 saturated carbocycles. The average Bonchev–Trinajstić information content (AvgIpc) is 2.79. The SMILES string of the molecule is Cc1ccc(F)c(-c2nnc(CCNC(C)(C)C)s2)c1. The first-order chi connectivity index (χ1) is 9.35. The number of halogens is 1. The van der Waals surface area contributed by atoms with Crippen molar-refractivity contribution in [3.8, 4) is 10.6 Å². The van der Waals surface area contributed by atoms with Crippen LogP contribution in [0.2, 0.25) is 0 Å². The van der Waals surface area contributed by atoms with Gasteiger partial charge in [0.25, 0.3) is 0 Å². The van der Waals surface area contributed by atoms with Gasteiger partial charge in [-0.1, -0.05) is 23.0 Å². The van der Waals surface area contributed by atoms with E-state index >= 15 is 0 Å². The van der Waals surface area contributed by atoms with Gasteiger partial charge in [0.1, 0.15) is 10.8 Å². The molecule has 0 unspecified atom stereocenters. The van der Waals surface area contributed by atoms with Gasteiger partial charge in [-0.25, -0.2) is 4.39 Å². The Morgan fingerprint density at radius 3 is 2.70 bits per heavy atom. The maximum Gasteiger partial charge on any atom is 0.150 e. The Bertz CT molecular complexity index is 587. The number of aryl methyl sites for hydroxylation is 1. The highest BCUT2D eigenvalue weighted by Crippen LogP contribution is 2.27. The molecule has 0 saturated heterocycles. The van der Waals surface area contributed by atoms with E-state index in [1.807, 2.05) is 13.0 Å². The lowest BCUT2D eigenvalue weighted by Crippen LogP contribution is -2.37. The van der Waals surface area contributed by atoms with Crippen molar-refractivity contribution in [2.24, 2.45) is 0 Å². The normalized spacial score (nSPS) is 11.8. The van der Waals surface area contributed by atoms with E-state index in [9.17, 15) is 4.39 Å². The van der Waals surface area contributed by atoms with Crippen LogP contribution in [-0.2, 0) is 6.42 Å². The topological polar surface area (TPSA) is 37.8 Å². The Labute approximate surface area is 123 Å². The largest absolute Gasteiger partial charge is 0.312 e. The van der Waals surface area contributed by atoms with Gasteiger partial charge in [0.05, 0.1) is 0 Å². The van der Waals surface area contributed by atoms with Crippen LogP contribution in [-0.4, -0.2) is 22.3 Å². The zero-order valence-corrected chi connectivity index (χ0v) is 13.1. The fraction of sp³-hybridized carbons (Fsp3) is 0.467. The minimum Gasteiger partial charge on any atom is -0.312 e. The highest BCUT2D eigenvalue weighted by Gasteiger charge is 2.13. The summed E-state index contributed by atoms with van der Waals surface area (Å²) in [5.41, 5.74) is 1.65. The predicted octanol–water partition coefficient (Wildman–Crippen LogP) is 3.58. The maximum atomic E-state index is 13.8. The van der Waals surface area contributed by atoms with E-state index < -0.39 is 0 Å². The molecule has 1 heterocycles. The van der Waals surface area contributed by atoms with Gasteiger partial charge in [-0.15, -0.1) is 10.2 Å². The van der Waals surface area contributed by atoms with Gasteiger partial charge in [0.15, 0.2) is 5.01 Å². The number of benzene rings is 1. The molecule has 0 amide bonds. The maximum absolute atomic E-state index is 13.8. The molecule has 0 aliphatic heterocycles. The Morgan fingerprint density at radius 2 is 2.00 bits per heavy atom. The second-order valence-corrected chi connectivity index (χ2v) is 6.97. The van der Waals surface area contributed by atoms with Crippen LogP contribution in [0.4, 0.5) is 4.39 Å². The molecule has 5 heteroatoms. The molecule has 0 spiro atoms. The van der Waals surface area contributed by atoms with Crippen LogP contribution in [0, 0.1) is 12.7 Å². The Balaban J connectivity index is 2.07. The molecule has 0 radical (unpaired) electrons. The van der Waals surface area contributed by atoms with Crippen LogP contribution in [0.5, 0.6) is 0 Å². The van der Waals surface area contributed by atoms with Crippen molar-refractivity contribution in [3.63, 3.8) is 0 Å². The molecule has 1 N–H and O–H groups in total. The minimum atomic E-state index is -0.244. The Kier molecular flexibility index (Phi) is 4.50. The highest BCUT2D eigenvalue weighted by atomic mass is 32.1. The summed E-state index contributed by atoms with van der Waals surface area (Å²) in [7, 11) is 0. The van der Waals surface area contributed by atoms with E-state index in [-0.39, 0.29) is 11.4 Å². The third-order valence-corrected chi connectivity index (χ3v) is 3.83. The first-order valence-electron chi connectivity index (χ1n) is 6.69. The summed E-state index contributed by atoms with van der Waals surface area (Å²) in [6.45, 7) is 9.16. The molecular weight excluding hydrogens is 273 g/mol.